The van der Waals surface area contributed by atoms with E-state index in [0.29, 0.717) is 17.1 Å². The second kappa shape index (κ2) is 8.06. The zero-order valence-corrected chi connectivity index (χ0v) is 13.5. The van der Waals surface area contributed by atoms with E-state index in [1.54, 1.807) is 18.2 Å². The van der Waals surface area contributed by atoms with Crippen LogP contribution in [0.25, 0.3) is 0 Å². The molecular formula is C14H15ClN6O3. The minimum absolute atomic E-state index is 0.0800. The van der Waals surface area contributed by atoms with E-state index < -0.39 is 10.8 Å². The standard InChI is InChI=1S/C14H15ClN6O3/c1-2-6-16-12-11(21(23)24)13(18-8-17-12)19-20-14(22)9-4-3-5-10(15)7-9/h3-5,7-8H,2,6H2,1H3,(H,20,22)(H2,16,17,18,19). The fraction of sp³-hybridized carbons (Fsp3) is 0.214. The molecule has 0 saturated carbocycles. The van der Waals surface area contributed by atoms with Crippen molar-refractivity contribution in [2.45, 2.75) is 13.3 Å². The fourth-order valence-corrected chi connectivity index (χ4v) is 2.02. The Morgan fingerprint density at radius 3 is 2.75 bits per heavy atom. The molecular weight excluding hydrogens is 336 g/mol. The van der Waals surface area contributed by atoms with Gasteiger partial charge >= 0.3 is 5.69 Å². The third kappa shape index (κ3) is 4.29. The zero-order valence-electron chi connectivity index (χ0n) is 12.7. The van der Waals surface area contributed by atoms with Crippen LogP contribution < -0.4 is 16.2 Å². The van der Waals surface area contributed by atoms with Crippen molar-refractivity contribution >= 4 is 34.8 Å². The van der Waals surface area contributed by atoms with Gasteiger partial charge in [0.2, 0.25) is 11.6 Å². The molecule has 0 aliphatic carbocycles. The van der Waals surface area contributed by atoms with Gasteiger partial charge in [0.25, 0.3) is 5.91 Å². The molecule has 2 aromatic rings. The largest absolute Gasteiger partial charge is 0.364 e. The number of aromatic nitrogens is 2. The van der Waals surface area contributed by atoms with E-state index in [1.807, 2.05) is 6.92 Å². The van der Waals surface area contributed by atoms with Gasteiger partial charge in [-0.3, -0.25) is 25.8 Å². The monoisotopic (exact) mass is 350 g/mol. The van der Waals surface area contributed by atoms with Crippen molar-refractivity contribution < 1.29 is 9.72 Å². The van der Waals surface area contributed by atoms with Crippen molar-refractivity contribution in [3.05, 3.63) is 51.3 Å². The number of hydrazine groups is 1. The van der Waals surface area contributed by atoms with E-state index in [9.17, 15) is 14.9 Å². The van der Waals surface area contributed by atoms with E-state index in [0.717, 1.165) is 6.42 Å². The van der Waals surface area contributed by atoms with Crippen LogP contribution in [0.3, 0.4) is 0 Å². The normalized spacial score (nSPS) is 10.1. The Kier molecular flexibility index (Phi) is 5.85. The zero-order chi connectivity index (χ0) is 17.5. The molecule has 0 aliphatic heterocycles. The molecule has 10 heteroatoms. The minimum atomic E-state index is -0.619. The van der Waals surface area contributed by atoms with Crippen molar-refractivity contribution in [2.75, 3.05) is 17.3 Å². The van der Waals surface area contributed by atoms with Gasteiger partial charge in [0, 0.05) is 17.1 Å². The van der Waals surface area contributed by atoms with Crippen molar-refractivity contribution in [1.29, 1.82) is 0 Å². The highest BCUT2D eigenvalue weighted by Crippen LogP contribution is 2.28. The predicted molar refractivity (Wildman–Crippen MR) is 90.0 cm³/mol. The first kappa shape index (κ1) is 17.4. The van der Waals surface area contributed by atoms with Crippen LogP contribution in [0.4, 0.5) is 17.3 Å². The van der Waals surface area contributed by atoms with E-state index >= 15 is 0 Å². The highest BCUT2D eigenvalue weighted by molar-refractivity contribution is 6.30. The van der Waals surface area contributed by atoms with Gasteiger partial charge in [-0.15, -0.1) is 0 Å². The Balaban J connectivity index is 2.17. The SMILES string of the molecule is CCCNc1ncnc(NNC(=O)c2cccc(Cl)c2)c1[N+](=O)[O-]. The highest BCUT2D eigenvalue weighted by Gasteiger charge is 2.23. The number of anilines is 2. The van der Waals surface area contributed by atoms with Gasteiger partial charge in [-0.05, 0) is 24.6 Å². The van der Waals surface area contributed by atoms with Gasteiger partial charge in [-0.2, -0.15) is 0 Å². The average molecular weight is 351 g/mol. The summed E-state index contributed by atoms with van der Waals surface area (Å²) in [7, 11) is 0. The van der Waals surface area contributed by atoms with E-state index in [1.165, 1.54) is 12.4 Å². The van der Waals surface area contributed by atoms with Gasteiger partial charge < -0.3 is 5.32 Å². The Hall–Kier alpha value is -2.94. The van der Waals surface area contributed by atoms with Crippen LogP contribution in [0.5, 0.6) is 0 Å². The van der Waals surface area contributed by atoms with Crippen molar-refractivity contribution in [3.63, 3.8) is 0 Å². The van der Waals surface area contributed by atoms with Gasteiger partial charge in [0.05, 0.1) is 4.92 Å². The summed E-state index contributed by atoms with van der Waals surface area (Å²) in [5.74, 6) is -0.547. The molecule has 126 valence electrons. The van der Waals surface area contributed by atoms with Crippen molar-refractivity contribution in [2.24, 2.45) is 0 Å². The van der Waals surface area contributed by atoms with Gasteiger partial charge in [0.1, 0.15) is 6.33 Å². The molecule has 9 nitrogen and oxygen atoms in total. The average Bonchev–Trinajstić information content (AvgIpc) is 2.57. The molecule has 1 amide bonds. The summed E-state index contributed by atoms with van der Waals surface area (Å²) in [6, 6.07) is 6.29. The topological polar surface area (TPSA) is 122 Å². The Bertz CT molecular complexity index is 755. The molecule has 0 aliphatic rings. The van der Waals surface area contributed by atoms with Crippen LogP contribution in [0.15, 0.2) is 30.6 Å². The number of hydrogen-bond donors (Lipinski definition) is 3. The number of nitrogens with zero attached hydrogens (tertiary/aromatic N) is 3. The van der Waals surface area contributed by atoms with E-state index in [2.05, 4.69) is 26.1 Å². The summed E-state index contributed by atoms with van der Waals surface area (Å²) in [4.78, 5) is 30.4. The van der Waals surface area contributed by atoms with Crippen molar-refractivity contribution in [3.8, 4) is 0 Å². The molecule has 0 radical (unpaired) electrons. The molecule has 2 rings (SSSR count). The summed E-state index contributed by atoms with van der Waals surface area (Å²) in [5.41, 5.74) is 4.76. The maximum absolute atomic E-state index is 12.0. The smallest absolute Gasteiger partial charge is 0.354 e. The van der Waals surface area contributed by atoms with Crippen LogP contribution >= 0.6 is 11.6 Å². The lowest BCUT2D eigenvalue weighted by atomic mass is 10.2. The first-order valence-corrected chi connectivity index (χ1v) is 7.46. The summed E-state index contributed by atoms with van der Waals surface area (Å²) >= 11 is 5.82. The van der Waals surface area contributed by atoms with Crippen LogP contribution in [0, 0.1) is 10.1 Å². The van der Waals surface area contributed by atoms with Crippen LogP contribution in [0.1, 0.15) is 23.7 Å². The number of rotatable bonds is 7. The Morgan fingerprint density at radius 2 is 2.08 bits per heavy atom. The molecule has 3 N–H and O–H groups in total. The number of carbonyl (C=O) groups excluding carboxylic acids is 1. The molecule has 0 bridgehead atoms. The lowest BCUT2D eigenvalue weighted by molar-refractivity contribution is -0.383. The Labute approximate surface area is 142 Å². The lowest BCUT2D eigenvalue weighted by Crippen LogP contribution is -2.30. The summed E-state index contributed by atoms with van der Waals surface area (Å²) < 4.78 is 0. The highest BCUT2D eigenvalue weighted by atomic mass is 35.5. The Morgan fingerprint density at radius 1 is 1.33 bits per heavy atom. The number of hydrogen-bond acceptors (Lipinski definition) is 7. The van der Waals surface area contributed by atoms with Gasteiger partial charge in [0.15, 0.2) is 0 Å². The number of benzene rings is 1. The van der Waals surface area contributed by atoms with Gasteiger partial charge in [-0.1, -0.05) is 24.6 Å². The summed E-state index contributed by atoms with van der Waals surface area (Å²) in [6.07, 6.45) is 1.94. The van der Waals surface area contributed by atoms with Crippen LogP contribution in [-0.2, 0) is 0 Å². The minimum Gasteiger partial charge on any atom is -0.364 e. The molecule has 0 saturated heterocycles. The molecule has 0 unspecified atom stereocenters. The third-order valence-corrected chi connectivity index (χ3v) is 3.16. The molecule has 0 spiro atoms. The first-order valence-electron chi connectivity index (χ1n) is 7.08. The number of amides is 1. The molecule has 1 aromatic carbocycles. The molecule has 1 heterocycles. The second-order valence-corrected chi connectivity index (χ2v) is 5.13. The van der Waals surface area contributed by atoms with Crippen LogP contribution in [-0.4, -0.2) is 27.3 Å². The van der Waals surface area contributed by atoms with E-state index in [-0.39, 0.29) is 17.3 Å². The quantitative estimate of drug-likeness (QED) is 0.518. The van der Waals surface area contributed by atoms with Crippen LogP contribution in [0.2, 0.25) is 5.02 Å². The number of nitrogens with one attached hydrogen (secondary N) is 3. The fourth-order valence-electron chi connectivity index (χ4n) is 1.83. The molecule has 1 aromatic heterocycles. The molecule has 24 heavy (non-hydrogen) atoms. The van der Waals surface area contributed by atoms with E-state index in [4.69, 9.17) is 11.6 Å². The summed E-state index contributed by atoms with van der Waals surface area (Å²) in [6.45, 7) is 2.44. The number of carbonyl (C=O) groups is 1. The summed E-state index contributed by atoms with van der Waals surface area (Å²) in [5, 5.41) is 14.5. The second-order valence-electron chi connectivity index (χ2n) is 4.69. The maximum Gasteiger partial charge on any atom is 0.354 e. The van der Waals surface area contributed by atoms with Gasteiger partial charge in [-0.25, -0.2) is 9.97 Å². The predicted octanol–water partition coefficient (Wildman–Crippen LogP) is 2.62. The third-order valence-electron chi connectivity index (χ3n) is 2.93. The first-order chi connectivity index (χ1) is 11.5. The molecule has 0 fully saturated rings. The number of nitro groups is 1. The lowest BCUT2D eigenvalue weighted by Gasteiger charge is -2.10. The maximum atomic E-state index is 12.0. The number of halogens is 1. The van der Waals surface area contributed by atoms with Crippen molar-refractivity contribution in [1.82, 2.24) is 15.4 Å². The molecule has 0 atom stereocenters.